The second-order valence-corrected chi connectivity index (χ2v) is 8.91. The Balaban J connectivity index is 4.32. The monoisotopic (exact) mass is 662 g/mol. The normalized spacial score (nSPS) is 30.3. The van der Waals surface area contributed by atoms with Gasteiger partial charge in [-0.05, 0) is 0 Å². The molecule has 0 aromatic heterocycles. The van der Waals surface area contributed by atoms with Crippen LogP contribution in [0, 0.1) is 0 Å². The maximum atomic E-state index is 14.5. The molecule has 27 heteroatoms. The van der Waals surface area contributed by atoms with Gasteiger partial charge in [0.2, 0.25) is 0 Å². The van der Waals surface area contributed by atoms with Gasteiger partial charge in [-0.25, -0.2) is 8.78 Å². The van der Waals surface area contributed by atoms with Crippen LogP contribution in [0.25, 0.3) is 0 Å². The van der Waals surface area contributed by atoms with E-state index in [1.165, 1.54) is 0 Å². The van der Waals surface area contributed by atoms with Gasteiger partial charge in [-0.1, -0.05) is 0 Å². The van der Waals surface area contributed by atoms with E-state index in [1.54, 1.807) is 0 Å². The molecule has 0 unspecified atom stereocenters. The van der Waals surface area contributed by atoms with Gasteiger partial charge in [0.05, 0.1) is 0 Å². The third-order valence-corrected chi connectivity index (χ3v) is 6.41. The van der Waals surface area contributed by atoms with E-state index >= 15 is 0 Å². The summed E-state index contributed by atoms with van der Waals surface area (Å²) < 4.78 is 338. The first-order valence-electron chi connectivity index (χ1n) is 8.07. The van der Waals surface area contributed by atoms with Crippen LogP contribution in [-0.4, -0.2) is 83.1 Å². The molecule has 3 nitrogen and oxygen atoms in total. The zero-order chi connectivity index (χ0) is 32.5. The first-order valence-corrected chi connectivity index (χ1v) is 9.51. The third-order valence-electron chi connectivity index (χ3n) is 5.18. The fourth-order valence-corrected chi connectivity index (χ4v) is 3.84. The number of alkyl halides is 23. The van der Waals surface area contributed by atoms with E-state index in [4.69, 9.17) is 4.55 Å². The third kappa shape index (κ3) is 3.21. The minimum Gasteiger partial charge on any atom is -0.283 e. The van der Waals surface area contributed by atoms with Gasteiger partial charge < -0.3 is 0 Å². The standard InChI is InChI=1S/C12HF23O3S/c13-1(2(14,15)5(20,21)6(22,23)7(24,25)10(30,31)12(33,34)35)3(16,17)8(26,27)11(32,39(36,37)38)9(28,29)4(1,18)19/h(H,36,37,38). The minimum absolute atomic E-state index is 8.08. The lowest BCUT2D eigenvalue weighted by Crippen LogP contribution is -2.91. The van der Waals surface area contributed by atoms with Gasteiger partial charge in [0, 0.05) is 0 Å². The molecule has 39 heavy (non-hydrogen) atoms. The first-order chi connectivity index (χ1) is 16.2. The van der Waals surface area contributed by atoms with Gasteiger partial charge in [-0.2, -0.15) is 101 Å². The number of hydrogen-bond donors (Lipinski definition) is 1. The van der Waals surface area contributed by atoms with Gasteiger partial charge >= 0.3 is 80.3 Å². The summed E-state index contributed by atoms with van der Waals surface area (Å²) in [4.78, 5) is 0. The molecule has 0 radical (unpaired) electrons. The summed E-state index contributed by atoms with van der Waals surface area (Å²) in [5.41, 5.74) is -9.68. The lowest BCUT2D eigenvalue weighted by atomic mass is 9.67. The predicted molar refractivity (Wildman–Crippen MR) is 69.8 cm³/mol. The minimum atomic E-state index is -9.82. The summed E-state index contributed by atoms with van der Waals surface area (Å²) in [5.74, 6) is -83.4. The lowest BCUT2D eigenvalue weighted by molar-refractivity contribution is -0.505. The van der Waals surface area contributed by atoms with Gasteiger partial charge in [0.15, 0.2) is 0 Å². The van der Waals surface area contributed by atoms with Crippen LogP contribution in [-0.2, 0) is 10.1 Å². The van der Waals surface area contributed by atoms with Crippen LogP contribution in [0.2, 0.25) is 0 Å². The molecule has 0 atom stereocenters. The van der Waals surface area contributed by atoms with E-state index in [0.717, 1.165) is 0 Å². The molecule has 0 aliphatic heterocycles. The molecule has 0 aromatic rings. The molecule has 1 aliphatic carbocycles. The zero-order valence-electron chi connectivity index (χ0n) is 16.4. The molecule has 1 N–H and O–H groups in total. The smallest absolute Gasteiger partial charge is 0.283 e. The highest BCUT2D eigenvalue weighted by molar-refractivity contribution is 7.87. The van der Waals surface area contributed by atoms with Crippen molar-refractivity contribution in [3.63, 3.8) is 0 Å². The van der Waals surface area contributed by atoms with Crippen molar-refractivity contribution in [1.82, 2.24) is 0 Å². The Hall–Kier alpha value is -1.70. The summed E-state index contributed by atoms with van der Waals surface area (Å²) in [5, 5.41) is -8.45. The Kier molecular flexibility index (Phi) is 7.04. The molecule has 0 amide bonds. The fourth-order valence-electron chi connectivity index (χ4n) is 2.94. The predicted octanol–water partition coefficient (Wildman–Crippen LogP) is 6.54. The average molecular weight is 662 g/mol. The molecule has 234 valence electrons. The highest BCUT2D eigenvalue weighted by atomic mass is 32.2. The van der Waals surface area contributed by atoms with Crippen molar-refractivity contribution in [2.24, 2.45) is 0 Å². The molecule has 0 saturated heterocycles. The molecule has 1 fully saturated rings. The van der Waals surface area contributed by atoms with Crippen molar-refractivity contribution < 1.29 is 114 Å². The van der Waals surface area contributed by atoms with Crippen molar-refractivity contribution in [2.75, 3.05) is 0 Å². The fraction of sp³-hybridized carbons (Fsp3) is 1.00. The van der Waals surface area contributed by atoms with Gasteiger partial charge in [-0.3, -0.25) is 4.55 Å². The van der Waals surface area contributed by atoms with Crippen molar-refractivity contribution in [3.05, 3.63) is 0 Å². The maximum Gasteiger partial charge on any atom is 0.460 e. The molecule has 1 rings (SSSR count). The SMILES string of the molecule is O=S(=O)(O)C1(F)C(F)(F)C(F)(F)C(F)(C(F)(F)C(F)(F)C(F)(F)C(F)(F)C(F)(F)C(F)(F)F)C(F)(F)C1(F)F. The maximum absolute atomic E-state index is 14.5. The highest BCUT2D eigenvalue weighted by Gasteiger charge is 3.09. The summed E-state index contributed by atoms with van der Waals surface area (Å²) in [6.45, 7) is 0. The number of halogens is 23. The molecule has 0 aromatic carbocycles. The molecular formula is C12HF23O3S. The van der Waals surface area contributed by atoms with Crippen LogP contribution in [0.15, 0.2) is 0 Å². The summed E-state index contributed by atoms with van der Waals surface area (Å²) >= 11 is 0. The van der Waals surface area contributed by atoms with E-state index in [9.17, 15) is 109 Å². The van der Waals surface area contributed by atoms with Crippen molar-refractivity contribution in [2.45, 2.75) is 70.1 Å². The Morgan fingerprint density at radius 1 is 0.436 bits per heavy atom. The van der Waals surface area contributed by atoms with Gasteiger partial charge in [-0.15, -0.1) is 0 Å². The van der Waals surface area contributed by atoms with Crippen LogP contribution in [0.5, 0.6) is 0 Å². The molecule has 0 heterocycles. The van der Waals surface area contributed by atoms with Crippen LogP contribution in [0.1, 0.15) is 0 Å². The Bertz CT molecular complexity index is 1070. The van der Waals surface area contributed by atoms with Crippen LogP contribution in [0.3, 0.4) is 0 Å². The molecule has 1 saturated carbocycles. The average Bonchev–Trinajstić information content (AvgIpc) is 2.68. The van der Waals surface area contributed by atoms with Crippen LogP contribution >= 0.6 is 0 Å². The van der Waals surface area contributed by atoms with Gasteiger partial charge in [0.1, 0.15) is 0 Å². The van der Waals surface area contributed by atoms with Gasteiger partial charge in [0.25, 0.3) is 0 Å². The highest BCUT2D eigenvalue weighted by Crippen LogP contribution is 2.75. The van der Waals surface area contributed by atoms with Crippen LogP contribution < -0.4 is 0 Å². The first kappa shape index (κ1) is 35.3. The van der Waals surface area contributed by atoms with E-state index in [0.29, 0.717) is 0 Å². The van der Waals surface area contributed by atoms with Crippen LogP contribution in [0.4, 0.5) is 101 Å². The van der Waals surface area contributed by atoms with E-state index < -0.39 is 80.3 Å². The second kappa shape index (κ2) is 7.77. The molecular weight excluding hydrogens is 661 g/mol. The Labute approximate surface area is 195 Å². The largest absolute Gasteiger partial charge is 0.460 e. The van der Waals surface area contributed by atoms with Crippen molar-refractivity contribution in [3.8, 4) is 0 Å². The van der Waals surface area contributed by atoms with Crippen molar-refractivity contribution >= 4 is 10.1 Å². The quantitative estimate of drug-likeness (QED) is 0.260. The second-order valence-electron chi connectivity index (χ2n) is 7.40. The van der Waals surface area contributed by atoms with Crippen molar-refractivity contribution in [1.29, 1.82) is 0 Å². The molecule has 1 aliphatic rings. The van der Waals surface area contributed by atoms with E-state index in [-0.39, 0.29) is 0 Å². The number of rotatable bonds is 6. The summed E-state index contributed by atoms with van der Waals surface area (Å²) in [7, 11) is -8.62. The summed E-state index contributed by atoms with van der Waals surface area (Å²) in [6.07, 6.45) is -8.22. The van der Waals surface area contributed by atoms with E-state index in [2.05, 4.69) is 0 Å². The molecule has 0 spiro atoms. The topological polar surface area (TPSA) is 54.4 Å². The Morgan fingerprint density at radius 3 is 0.923 bits per heavy atom. The van der Waals surface area contributed by atoms with E-state index in [1.807, 2.05) is 0 Å². The summed E-state index contributed by atoms with van der Waals surface area (Å²) in [6, 6.07) is 0. The molecule has 0 bridgehead atoms. The lowest BCUT2D eigenvalue weighted by Gasteiger charge is -2.56. The Morgan fingerprint density at radius 2 is 0.692 bits per heavy atom. The number of hydrogen-bond acceptors (Lipinski definition) is 2. The zero-order valence-corrected chi connectivity index (χ0v) is 17.2.